The molecule has 0 spiro atoms. The maximum Gasteiger partial charge on any atom is 0.136 e. The lowest BCUT2D eigenvalue weighted by Gasteiger charge is -2.39. The van der Waals surface area contributed by atoms with E-state index in [1.54, 1.807) is 12.3 Å². The molecule has 1 atom stereocenters. The first-order valence-electron chi connectivity index (χ1n) is 9.34. The number of halogens is 1. The Balaban J connectivity index is 1.53. The third kappa shape index (κ3) is 3.45. The summed E-state index contributed by atoms with van der Waals surface area (Å²) < 4.78 is 14.3. The number of aromatic nitrogens is 3. The number of hydrogen-bond acceptors (Lipinski definition) is 4. The first-order valence-corrected chi connectivity index (χ1v) is 9.34. The van der Waals surface area contributed by atoms with Gasteiger partial charge >= 0.3 is 0 Å². The van der Waals surface area contributed by atoms with Crippen LogP contribution in [0.4, 0.5) is 10.2 Å². The van der Waals surface area contributed by atoms with Crippen LogP contribution in [0.1, 0.15) is 24.2 Å². The highest BCUT2D eigenvalue weighted by Gasteiger charge is 2.25. The van der Waals surface area contributed by atoms with Crippen molar-refractivity contribution in [3.8, 4) is 11.1 Å². The molecule has 1 unspecified atom stereocenters. The summed E-state index contributed by atoms with van der Waals surface area (Å²) in [5.41, 5.74) is 3.82. The summed E-state index contributed by atoms with van der Waals surface area (Å²) in [6.45, 7) is 7.86. The molecule has 2 aromatic heterocycles. The van der Waals surface area contributed by atoms with Crippen molar-refractivity contribution in [1.82, 2.24) is 20.1 Å². The lowest BCUT2D eigenvalue weighted by Crippen LogP contribution is -2.47. The van der Waals surface area contributed by atoms with E-state index in [2.05, 4.69) is 38.8 Å². The molecule has 27 heavy (non-hydrogen) atoms. The average molecular weight is 365 g/mol. The van der Waals surface area contributed by atoms with Gasteiger partial charge in [0.15, 0.2) is 0 Å². The van der Waals surface area contributed by atoms with Crippen molar-refractivity contribution in [3.05, 3.63) is 65.9 Å². The lowest BCUT2D eigenvalue weighted by atomic mass is 10.0. The van der Waals surface area contributed by atoms with Crippen molar-refractivity contribution in [2.75, 3.05) is 31.1 Å². The number of nitrogens with one attached hydrogen (secondary N) is 1. The van der Waals surface area contributed by atoms with Crippen molar-refractivity contribution >= 4 is 5.82 Å². The van der Waals surface area contributed by atoms with E-state index in [-0.39, 0.29) is 5.82 Å². The number of aromatic amines is 1. The molecule has 0 bridgehead atoms. The van der Waals surface area contributed by atoms with E-state index in [0.29, 0.717) is 11.6 Å². The summed E-state index contributed by atoms with van der Waals surface area (Å²) >= 11 is 0. The van der Waals surface area contributed by atoms with Crippen LogP contribution in [-0.4, -0.2) is 46.3 Å². The molecule has 1 saturated heterocycles. The van der Waals surface area contributed by atoms with Gasteiger partial charge in [-0.15, -0.1) is 0 Å². The normalized spacial score (nSPS) is 16.5. The van der Waals surface area contributed by atoms with Gasteiger partial charge in [0, 0.05) is 60.8 Å². The number of rotatable bonds is 4. The Morgan fingerprint density at radius 2 is 1.78 bits per heavy atom. The number of nitrogens with zero attached hydrogens (tertiary/aromatic N) is 4. The topological polar surface area (TPSA) is 48.1 Å². The molecular formula is C21H24FN5. The Morgan fingerprint density at radius 1 is 1.04 bits per heavy atom. The molecule has 3 heterocycles. The molecule has 0 amide bonds. The first kappa shape index (κ1) is 17.7. The van der Waals surface area contributed by atoms with E-state index in [1.165, 1.54) is 11.6 Å². The van der Waals surface area contributed by atoms with E-state index >= 15 is 0 Å². The summed E-state index contributed by atoms with van der Waals surface area (Å²) in [6.07, 6.45) is 3.70. The molecule has 3 aromatic rings. The Labute approximate surface area is 158 Å². The van der Waals surface area contributed by atoms with E-state index in [1.807, 2.05) is 30.5 Å². The Bertz CT molecular complexity index is 914. The molecule has 1 aromatic carbocycles. The summed E-state index contributed by atoms with van der Waals surface area (Å²) in [4.78, 5) is 9.30. The van der Waals surface area contributed by atoms with E-state index in [0.717, 1.165) is 43.3 Å². The van der Waals surface area contributed by atoms with Gasteiger partial charge in [0.05, 0.1) is 6.20 Å². The predicted molar refractivity (Wildman–Crippen MR) is 105 cm³/mol. The molecule has 1 aliphatic heterocycles. The fraction of sp³-hybridized carbons (Fsp3) is 0.333. The molecule has 0 aliphatic carbocycles. The zero-order valence-corrected chi connectivity index (χ0v) is 15.7. The van der Waals surface area contributed by atoms with Gasteiger partial charge in [0.1, 0.15) is 11.6 Å². The number of H-pyrrole nitrogens is 1. The minimum absolute atomic E-state index is 0.213. The van der Waals surface area contributed by atoms with Gasteiger partial charge < -0.3 is 4.90 Å². The van der Waals surface area contributed by atoms with Gasteiger partial charge in [-0.3, -0.25) is 10.00 Å². The molecule has 4 rings (SSSR count). The summed E-state index contributed by atoms with van der Waals surface area (Å²) in [5, 5.41) is 7.17. The minimum atomic E-state index is -0.213. The predicted octanol–water partition coefficient (Wildman–Crippen LogP) is 3.80. The highest BCUT2D eigenvalue weighted by atomic mass is 19.1. The van der Waals surface area contributed by atoms with Crippen molar-refractivity contribution in [1.29, 1.82) is 0 Å². The van der Waals surface area contributed by atoms with Crippen LogP contribution < -0.4 is 4.90 Å². The SMILES string of the molecule is Cc1[nH]ncc1C(C)N1CCN(c2ncccc2-c2ccccc2F)CC1. The number of anilines is 1. The highest BCUT2D eigenvalue weighted by Crippen LogP contribution is 2.32. The zero-order valence-electron chi connectivity index (χ0n) is 15.7. The molecule has 1 aliphatic rings. The van der Waals surface area contributed by atoms with Crippen molar-refractivity contribution in [2.24, 2.45) is 0 Å². The summed E-state index contributed by atoms with van der Waals surface area (Å²) in [6, 6.07) is 11.0. The standard InChI is InChI=1S/C21H24FN5/c1-15-19(14-24-25-15)16(2)26-10-12-27(13-11-26)21-18(7-5-9-23-21)17-6-3-4-8-20(17)22/h3-9,14,16H,10-13H2,1-2H3,(H,24,25). The number of hydrogen-bond donors (Lipinski definition) is 1. The Kier molecular flexibility index (Phi) is 4.90. The van der Waals surface area contributed by atoms with Gasteiger partial charge in [-0.2, -0.15) is 5.10 Å². The molecule has 140 valence electrons. The zero-order chi connectivity index (χ0) is 18.8. The molecule has 5 nitrogen and oxygen atoms in total. The second kappa shape index (κ2) is 7.48. The van der Waals surface area contributed by atoms with Crippen LogP contribution >= 0.6 is 0 Å². The molecule has 0 radical (unpaired) electrons. The summed E-state index contributed by atoms with van der Waals surface area (Å²) in [7, 11) is 0. The van der Waals surface area contributed by atoms with Crippen LogP contribution in [0, 0.1) is 12.7 Å². The van der Waals surface area contributed by atoms with E-state index in [9.17, 15) is 4.39 Å². The highest BCUT2D eigenvalue weighted by molar-refractivity contribution is 5.76. The van der Waals surface area contributed by atoms with E-state index < -0.39 is 0 Å². The summed E-state index contributed by atoms with van der Waals surface area (Å²) in [5.74, 6) is 0.642. The lowest BCUT2D eigenvalue weighted by molar-refractivity contribution is 0.198. The smallest absolute Gasteiger partial charge is 0.136 e. The van der Waals surface area contributed by atoms with Crippen LogP contribution in [0.15, 0.2) is 48.8 Å². The minimum Gasteiger partial charge on any atom is -0.354 e. The van der Waals surface area contributed by atoms with Crippen LogP contribution in [0.5, 0.6) is 0 Å². The maximum absolute atomic E-state index is 14.3. The molecular weight excluding hydrogens is 341 g/mol. The van der Waals surface area contributed by atoms with Crippen LogP contribution in [0.2, 0.25) is 0 Å². The Morgan fingerprint density at radius 3 is 2.48 bits per heavy atom. The van der Waals surface area contributed by atoms with Gasteiger partial charge in [-0.05, 0) is 32.0 Å². The first-order chi connectivity index (χ1) is 13.1. The quantitative estimate of drug-likeness (QED) is 0.764. The number of piperazine rings is 1. The van der Waals surface area contributed by atoms with Crippen LogP contribution in [0.25, 0.3) is 11.1 Å². The second-order valence-electron chi connectivity index (χ2n) is 7.00. The second-order valence-corrected chi connectivity index (χ2v) is 7.00. The molecule has 1 N–H and O–H groups in total. The fourth-order valence-electron chi connectivity index (χ4n) is 3.84. The maximum atomic E-state index is 14.3. The van der Waals surface area contributed by atoms with Crippen molar-refractivity contribution in [2.45, 2.75) is 19.9 Å². The molecule has 0 saturated carbocycles. The third-order valence-corrected chi connectivity index (χ3v) is 5.43. The van der Waals surface area contributed by atoms with Crippen molar-refractivity contribution in [3.63, 3.8) is 0 Å². The van der Waals surface area contributed by atoms with Crippen LogP contribution in [-0.2, 0) is 0 Å². The van der Waals surface area contributed by atoms with Gasteiger partial charge in [-0.1, -0.05) is 18.2 Å². The molecule has 1 fully saturated rings. The van der Waals surface area contributed by atoms with Gasteiger partial charge in [0.25, 0.3) is 0 Å². The van der Waals surface area contributed by atoms with Gasteiger partial charge in [0.2, 0.25) is 0 Å². The average Bonchev–Trinajstić information content (AvgIpc) is 3.14. The van der Waals surface area contributed by atoms with E-state index in [4.69, 9.17) is 0 Å². The third-order valence-electron chi connectivity index (χ3n) is 5.43. The number of benzene rings is 1. The molecule has 6 heteroatoms. The number of aryl methyl sites for hydroxylation is 1. The monoisotopic (exact) mass is 365 g/mol. The Hall–Kier alpha value is -2.73. The fourth-order valence-corrected chi connectivity index (χ4v) is 3.84. The van der Waals surface area contributed by atoms with Gasteiger partial charge in [-0.25, -0.2) is 9.37 Å². The largest absolute Gasteiger partial charge is 0.354 e. The van der Waals surface area contributed by atoms with Crippen molar-refractivity contribution < 1.29 is 4.39 Å². The van der Waals surface area contributed by atoms with Crippen LogP contribution in [0.3, 0.4) is 0 Å². The number of pyridine rings is 1.